The lowest BCUT2D eigenvalue weighted by Gasteiger charge is -2.38. The zero-order valence-corrected chi connectivity index (χ0v) is 82.2. The number of hydrogen-bond donors (Lipinski definition) is 2. The normalized spacial score (nSPS) is 18.1. The Labute approximate surface area is 787 Å². The third kappa shape index (κ3) is 22.7. The molecule has 127 heavy (non-hydrogen) atoms. The lowest BCUT2D eigenvalue weighted by molar-refractivity contribution is -0.144. The smallest absolute Gasteiger partial charge is 0.309 e. The summed E-state index contributed by atoms with van der Waals surface area (Å²) in [5, 5.41) is 76.6. The number of carbonyl (C=O) groups is 2. The van der Waals surface area contributed by atoms with E-state index in [1.165, 1.54) is 27.8 Å². The molecule has 7 aromatic carbocycles. The number of pyridine rings is 3. The summed E-state index contributed by atoms with van der Waals surface area (Å²) in [4.78, 5) is 35.7. The highest BCUT2D eigenvalue weighted by Gasteiger charge is 2.46. The Morgan fingerprint density at radius 1 is 0.441 bits per heavy atom. The number of fused-ring (bicyclic) bond motifs is 6. The predicted molar refractivity (Wildman–Crippen MR) is 510 cm³/mol. The number of benzene rings is 7. The van der Waals surface area contributed by atoms with Crippen molar-refractivity contribution in [3.8, 4) is 42.2 Å². The van der Waals surface area contributed by atoms with E-state index in [-0.39, 0.29) is 58.1 Å². The maximum absolute atomic E-state index is 11.9. The summed E-state index contributed by atoms with van der Waals surface area (Å²) in [6.07, 6.45) is 17.8. The number of rotatable bonds is 15. The summed E-state index contributed by atoms with van der Waals surface area (Å²) in [5.74, 6) is 1.12. The van der Waals surface area contributed by atoms with Crippen molar-refractivity contribution in [1.29, 1.82) is 31.6 Å². The Balaban J connectivity index is 0.000000143. The number of carbonyl (C=O) groups excluding carboxylic acids is 2. The van der Waals surface area contributed by atoms with Crippen LogP contribution in [0.3, 0.4) is 0 Å². The van der Waals surface area contributed by atoms with Crippen LogP contribution in [-0.2, 0) is 76.2 Å². The third-order valence-corrected chi connectivity index (χ3v) is 38.2. The van der Waals surface area contributed by atoms with Gasteiger partial charge in [-0.15, -0.1) is 0 Å². The van der Waals surface area contributed by atoms with E-state index in [4.69, 9.17) is 68.9 Å². The van der Waals surface area contributed by atoms with Crippen LogP contribution in [0.4, 0.5) is 0 Å². The molecule has 1 saturated carbocycles. The molecule has 7 atom stereocenters. The predicted octanol–water partition coefficient (Wildman–Crippen LogP) is 25.4. The number of nitriles is 6. The van der Waals surface area contributed by atoms with Crippen LogP contribution in [0, 0.1) is 73.9 Å². The van der Waals surface area contributed by atoms with Crippen molar-refractivity contribution in [2.45, 2.75) is 224 Å². The minimum Gasteiger partial charge on any atom is -0.486 e. The average molecular weight is 1980 g/mol. The van der Waals surface area contributed by atoms with E-state index in [0.29, 0.717) is 70.0 Å². The summed E-state index contributed by atoms with van der Waals surface area (Å²) in [6.45, 7) is 25.1. The van der Waals surface area contributed by atoms with E-state index in [9.17, 15) is 35.6 Å². The van der Waals surface area contributed by atoms with Crippen LogP contribution in [0.1, 0.15) is 274 Å². The molecule has 0 radical (unpaired) electrons. The largest absolute Gasteiger partial charge is 0.486 e. The maximum Gasteiger partial charge on any atom is 0.309 e. The molecular formula is C102H101Br3Cl3N9O8Si2. The number of aliphatic hydroxyl groups excluding tert-OH is 2. The van der Waals surface area contributed by atoms with E-state index in [1.807, 2.05) is 85.8 Å². The van der Waals surface area contributed by atoms with Crippen molar-refractivity contribution in [2.24, 2.45) is 5.92 Å². The number of esters is 1. The maximum atomic E-state index is 11.9. The molecule has 0 aliphatic heterocycles. The zero-order chi connectivity index (χ0) is 91.6. The lowest BCUT2D eigenvalue weighted by Crippen LogP contribution is -2.41. The molecular weight excluding hydrogens is 1880 g/mol. The van der Waals surface area contributed by atoms with Crippen LogP contribution in [0.2, 0.25) is 51.7 Å². The van der Waals surface area contributed by atoms with Crippen molar-refractivity contribution < 1.29 is 38.1 Å². The van der Waals surface area contributed by atoms with Gasteiger partial charge >= 0.3 is 5.97 Å². The van der Waals surface area contributed by atoms with Crippen molar-refractivity contribution in [1.82, 2.24) is 15.0 Å². The Morgan fingerprint density at radius 2 is 0.787 bits per heavy atom. The van der Waals surface area contributed by atoms with Crippen molar-refractivity contribution in [3.05, 3.63) is 320 Å². The molecule has 0 spiro atoms. The standard InChI is InChI=1S/C28H25ClN2O3.C22H27ClN2OSi.C16H22BrNOSi.C16H13ClN2O.C10H8BrNO.C10H6BrNO/c1-2-33-28(32)25-14-24(25)18-4-7-20(8-5-18)34-26-11-10-21-22(26)9-6-19(15-30)23(21)13-17-3-12-27(29)31-16-17;1-22(2,3)27(4,5)26-20-10-9-17-18(20)8-7-16(13-24)19(17)12-15-6-11-21(23)25-14-15;1-16(2,3)20(4,5)19-14-9-8-13-12(14)7-6-11(10-18)15(13)17;17-16-6-1-10(9-19-16)7-14-11(8-18)2-3-13-12(14)4-5-15(13)20;2*11-10-6(5-12)1-2-7-8(10)3-4-9(7)13/h3-9,12,16,24-26H,2,10-11,13-14H2,1H3;6-8,11,14,20H,9-10,12H2,1-5H3;6-7,14H,8-9H2,1-5H3;1-3,6,9,15,20H,4-5,7H2;1-2,9,13H,3-4H2;1-2H,3-4H2/t24-,25+,26-;20-;14-;15-;9-;/m10000./s1. The minimum absolute atomic E-state index is 0.0166. The number of hydrogen-bond acceptors (Lipinski definition) is 17. The Kier molecular flexibility index (Phi) is 31.9. The summed E-state index contributed by atoms with van der Waals surface area (Å²) < 4.78 is 27.4. The first-order valence-corrected chi connectivity index (χ1v) is 52.1. The highest BCUT2D eigenvalue weighted by atomic mass is 79.9. The van der Waals surface area contributed by atoms with Gasteiger partial charge < -0.3 is 28.5 Å². The fourth-order valence-corrected chi connectivity index (χ4v) is 21.7. The first-order chi connectivity index (χ1) is 60.5. The second kappa shape index (κ2) is 41.9. The van der Waals surface area contributed by atoms with Gasteiger partial charge in [-0.05, 0) is 347 Å². The van der Waals surface area contributed by atoms with Gasteiger partial charge in [0, 0.05) is 63.3 Å². The molecule has 10 aromatic rings. The van der Waals surface area contributed by atoms with Crippen LogP contribution in [0.15, 0.2) is 165 Å². The van der Waals surface area contributed by atoms with Gasteiger partial charge in [0.2, 0.25) is 0 Å². The number of Topliss-reactive ketones (excluding diaryl/α,β-unsaturated/α-hetero) is 1. The van der Waals surface area contributed by atoms with Gasteiger partial charge in [-0.1, -0.05) is 137 Å². The quantitative estimate of drug-likeness (QED) is 0.0547. The topological polar surface area (TPSA) is 293 Å². The fraction of sp³-hybridized carbons (Fsp3) is 0.363. The highest BCUT2D eigenvalue weighted by molar-refractivity contribution is 9.11. The molecule has 2 N–H and O–H groups in total. The molecule has 7 aliphatic rings. The molecule has 1 fully saturated rings. The summed E-state index contributed by atoms with van der Waals surface area (Å²) >= 11 is 27.9. The average Bonchev–Trinajstić information content (AvgIpc) is 1.64. The summed E-state index contributed by atoms with van der Waals surface area (Å²) in [5.41, 5.74) is 24.8. The van der Waals surface area contributed by atoms with E-state index in [2.05, 4.69) is 179 Å². The Hall–Kier alpha value is -9.55. The second-order valence-corrected chi connectivity index (χ2v) is 48.9. The minimum atomic E-state index is -1.85. The summed E-state index contributed by atoms with van der Waals surface area (Å²) in [6, 6.07) is 55.3. The van der Waals surface area contributed by atoms with Gasteiger partial charge in [0.25, 0.3) is 0 Å². The van der Waals surface area contributed by atoms with E-state index in [0.717, 1.165) is 185 Å². The van der Waals surface area contributed by atoms with Crippen molar-refractivity contribution >= 4 is 111 Å². The van der Waals surface area contributed by atoms with E-state index in [1.54, 1.807) is 61.1 Å². The van der Waals surface area contributed by atoms with Crippen molar-refractivity contribution in [3.63, 3.8) is 0 Å². The molecule has 3 heterocycles. The molecule has 0 amide bonds. The molecule has 0 unspecified atom stereocenters. The monoisotopic (exact) mass is 1980 g/mol. The molecule has 7 aliphatic carbocycles. The number of nitrogens with zero attached hydrogens (tertiary/aromatic N) is 9. The highest BCUT2D eigenvalue weighted by Crippen LogP contribution is 2.51. The summed E-state index contributed by atoms with van der Waals surface area (Å²) in [7, 11) is -3.61. The Morgan fingerprint density at radius 3 is 1.20 bits per heavy atom. The fourth-order valence-electron chi connectivity index (χ4n) is 16.8. The van der Waals surface area contributed by atoms with Crippen molar-refractivity contribution in [2.75, 3.05) is 6.61 Å². The second-order valence-electron chi connectivity index (χ2n) is 35.8. The van der Waals surface area contributed by atoms with Gasteiger partial charge in [0.15, 0.2) is 22.4 Å². The number of aromatic nitrogens is 3. The van der Waals surface area contributed by atoms with Crippen LogP contribution < -0.4 is 4.74 Å². The SMILES string of the molecule is CC(C)(C)[Si](C)(C)O[C@H]1CCc2c1ccc(C#N)c2Br.CC(C)(C)[Si](C)(C)O[C@H]1CCc2c1ccc(C#N)c2Cc1ccc(Cl)nc1.CCOC(=O)[C@H]1C[C@@H]1c1ccc(O[C@@H]2CCc3c2ccc(C#N)c3Cc2ccc(Cl)nc2)cc1.N#Cc1ccc2c(c1Br)CCC2=O.N#Cc1ccc2c(c1Br)CC[C@@H]2O.N#Cc1ccc2c(c1Cc1ccc(Cl)nc1)CC[C@@H]2O. The zero-order valence-electron chi connectivity index (χ0n) is 73.1. The molecule has 17 nitrogen and oxygen atoms in total. The number of ether oxygens (including phenoxy) is 2. The van der Waals surface area contributed by atoms with Gasteiger partial charge in [0.05, 0.1) is 88.5 Å². The number of aliphatic hydroxyl groups is 2. The van der Waals surface area contributed by atoms with Gasteiger partial charge in [-0.3, -0.25) is 9.59 Å². The van der Waals surface area contributed by atoms with Gasteiger partial charge in [-0.2, -0.15) is 31.6 Å². The van der Waals surface area contributed by atoms with Crippen LogP contribution >= 0.6 is 82.6 Å². The first kappa shape index (κ1) is 96.5. The molecule has 17 rings (SSSR count). The molecule has 3 aromatic heterocycles. The molecule has 25 heteroatoms. The van der Waals surface area contributed by atoms with Crippen LogP contribution in [0.5, 0.6) is 5.75 Å². The van der Waals surface area contributed by atoms with Crippen LogP contribution in [-0.4, -0.2) is 60.2 Å². The Bertz CT molecular complexity index is 6060. The molecule has 652 valence electrons. The van der Waals surface area contributed by atoms with Gasteiger partial charge in [0.1, 0.15) is 45.5 Å². The van der Waals surface area contributed by atoms with Gasteiger partial charge in [-0.25, -0.2) is 15.0 Å². The van der Waals surface area contributed by atoms with Crippen LogP contribution in [0.25, 0.3) is 0 Å². The molecule has 0 bridgehead atoms. The van der Waals surface area contributed by atoms with E-state index >= 15 is 0 Å². The third-order valence-electron chi connectivity index (χ3n) is 25.9. The number of ketones is 1. The lowest BCUT2D eigenvalue weighted by atomic mass is 9.93. The first-order valence-electron chi connectivity index (χ1n) is 42.8. The number of halogens is 6. The van der Waals surface area contributed by atoms with E-state index < -0.39 is 22.7 Å². The molecule has 0 saturated heterocycles.